The highest BCUT2D eigenvalue weighted by molar-refractivity contribution is 7.17. The van der Waals surface area contributed by atoms with E-state index in [1.807, 2.05) is 31.2 Å². The molecule has 0 saturated heterocycles. The molecule has 7 nitrogen and oxygen atoms in total. The van der Waals surface area contributed by atoms with Crippen molar-refractivity contribution >= 4 is 23.2 Å². The number of amides is 1. The monoisotopic (exact) mass is 364 g/mol. The van der Waals surface area contributed by atoms with Crippen molar-refractivity contribution in [3.05, 3.63) is 34.8 Å². The number of aromatic nitrogens is 1. The summed E-state index contributed by atoms with van der Waals surface area (Å²) >= 11 is 1.26. The molecule has 0 radical (unpaired) electrons. The minimum Gasteiger partial charge on any atom is -0.494 e. The number of hydrogen-bond acceptors (Lipinski definition) is 6. The van der Waals surface area contributed by atoms with Crippen LogP contribution in [-0.2, 0) is 9.53 Å². The number of carbonyl (C=O) groups excluding carboxylic acids is 1. The summed E-state index contributed by atoms with van der Waals surface area (Å²) in [6, 6.07) is 7.48. The van der Waals surface area contributed by atoms with Gasteiger partial charge in [0.2, 0.25) is 0 Å². The predicted octanol–water partition coefficient (Wildman–Crippen LogP) is 2.35. The topological polar surface area (TPSA) is 97.8 Å². The second-order valence-corrected chi connectivity index (χ2v) is 6.16. The lowest BCUT2D eigenvalue weighted by Gasteiger charge is -2.10. The summed E-state index contributed by atoms with van der Waals surface area (Å²) in [6.07, 6.45) is -1.08. The highest BCUT2D eigenvalue weighted by atomic mass is 32.1. The maximum absolute atomic E-state index is 12.3. The Balaban J connectivity index is 2.10. The number of nitrogens with one attached hydrogen (secondary N) is 1. The quantitative estimate of drug-likeness (QED) is 0.746. The van der Waals surface area contributed by atoms with Crippen LogP contribution in [0.5, 0.6) is 5.75 Å². The molecule has 25 heavy (non-hydrogen) atoms. The largest absolute Gasteiger partial charge is 0.494 e. The number of hydrogen-bond donors (Lipinski definition) is 2. The van der Waals surface area contributed by atoms with E-state index in [1.165, 1.54) is 18.4 Å². The molecule has 0 spiro atoms. The van der Waals surface area contributed by atoms with Crippen LogP contribution in [0.1, 0.15) is 22.3 Å². The van der Waals surface area contributed by atoms with Crippen molar-refractivity contribution in [3.63, 3.8) is 0 Å². The Kier molecular flexibility index (Phi) is 6.49. The summed E-state index contributed by atoms with van der Waals surface area (Å²) in [7, 11) is 1.28. The molecule has 1 atom stereocenters. The van der Waals surface area contributed by atoms with Crippen LogP contribution in [0.15, 0.2) is 24.3 Å². The van der Waals surface area contributed by atoms with Crippen LogP contribution in [0.25, 0.3) is 10.6 Å². The zero-order valence-electron chi connectivity index (χ0n) is 14.2. The number of methoxy groups -OCH3 is 1. The fourth-order valence-corrected chi connectivity index (χ4v) is 3.12. The number of carboxylic acids is 1. The molecule has 0 bridgehead atoms. The molecule has 1 unspecified atom stereocenters. The molecule has 1 aromatic heterocycles. The Morgan fingerprint density at radius 3 is 2.56 bits per heavy atom. The zero-order chi connectivity index (χ0) is 18.4. The van der Waals surface area contributed by atoms with Crippen molar-refractivity contribution in [2.75, 3.05) is 20.3 Å². The molecule has 2 aromatic rings. The molecule has 134 valence electrons. The summed E-state index contributed by atoms with van der Waals surface area (Å²) < 4.78 is 10.2. The van der Waals surface area contributed by atoms with Crippen LogP contribution >= 0.6 is 11.3 Å². The highest BCUT2D eigenvalue weighted by Crippen LogP contribution is 2.29. The first kappa shape index (κ1) is 18.9. The summed E-state index contributed by atoms with van der Waals surface area (Å²) in [5.41, 5.74) is 1.48. The van der Waals surface area contributed by atoms with E-state index in [2.05, 4.69) is 10.3 Å². The van der Waals surface area contributed by atoms with E-state index in [0.29, 0.717) is 22.2 Å². The fraction of sp³-hybridized carbons (Fsp3) is 0.353. The van der Waals surface area contributed by atoms with Gasteiger partial charge in [0.15, 0.2) is 6.10 Å². The Morgan fingerprint density at radius 2 is 2.00 bits per heavy atom. The maximum atomic E-state index is 12.3. The van der Waals surface area contributed by atoms with E-state index in [0.717, 1.165) is 11.3 Å². The first-order valence-electron chi connectivity index (χ1n) is 7.70. The number of aryl methyl sites for hydroxylation is 1. The number of carbonyl (C=O) groups is 2. The van der Waals surface area contributed by atoms with E-state index in [1.54, 1.807) is 6.92 Å². The molecule has 8 heteroatoms. The maximum Gasteiger partial charge on any atom is 0.334 e. The molecule has 1 aromatic carbocycles. The lowest BCUT2D eigenvalue weighted by atomic mass is 10.2. The van der Waals surface area contributed by atoms with Crippen molar-refractivity contribution in [1.82, 2.24) is 10.3 Å². The standard InChI is InChI=1S/C17H20N2O5S/c1-4-24-12-7-5-11(6-8-12)16-19-10(2)14(25-16)15(20)18-9-13(23-3)17(21)22/h5-8,13H,4,9H2,1-3H3,(H,18,20)(H,21,22). The number of ether oxygens (including phenoxy) is 2. The molecule has 2 N–H and O–H groups in total. The molecule has 1 amide bonds. The van der Waals surface area contributed by atoms with Crippen LogP contribution in [0.4, 0.5) is 0 Å². The Hall–Kier alpha value is -2.45. The summed E-state index contributed by atoms with van der Waals surface area (Å²) in [6.45, 7) is 4.15. The van der Waals surface area contributed by atoms with Crippen molar-refractivity contribution in [3.8, 4) is 16.3 Å². The van der Waals surface area contributed by atoms with Gasteiger partial charge in [-0.05, 0) is 38.1 Å². The van der Waals surface area contributed by atoms with Gasteiger partial charge < -0.3 is 19.9 Å². The van der Waals surface area contributed by atoms with Gasteiger partial charge in [-0.3, -0.25) is 4.79 Å². The molecule has 0 fully saturated rings. The summed E-state index contributed by atoms with van der Waals surface area (Å²) in [5, 5.41) is 12.2. The minimum absolute atomic E-state index is 0.111. The second kappa shape index (κ2) is 8.59. The van der Waals surface area contributed by atoms with Gasteiger partial charge in [0, 0.05) is 12.7 Å². The van der Waals surface area contributed by atoms with Gasteiger partial charge in [-0.15, -0.1) is 11.3 Å². The molecule has 0 aliphatic carbocycles. The summed E-state index contributed by atoms with van der Waals surface area (Å²) in [4.78, 5) is 28.1. The van der Waals surface area contributed by atoms with Crippen LogP contribution in [0.2, 0.25) is 0 Å². The van der Waals surface area contributed by atoms with Gasteiger partial charge in [-0.1, -0.05) is 0 Å². The molecule has 1 heterocycles. The van der Waals surface area contributed by atoms with Crippen LogP contribution in [0.3, 0.4) is 0 Å². The van der Waals surface area contributed by atoms with Crippen molar-refractivity contribution < 1.29 is 24.2 Å². The van der Waals surface area contributed by atoms with Gasteiger partial charge in [0.25, 0.3) is 5.91 Å². The molecule has 2 rings (SSSR count). The Labute approximate surface area is 149 Å². The smallest absolute Gasteiger partial charge is 0.334 e. The average Bonchev–Trinajstić information content (AvgIpc) is 2.98. The predicted molar refractivity (Wildman–Crippen MR) is 94.2 cm³/mol. The molecular formula is C17H20N2O5S. The van der Waals surface area contributed by atoms with Gasteiger partial charge in [-0.25, -0.2) is 9.78 Å². The van der Waals surface area contributed by atoms with Crippen molar-refractivity contribution in [2.24, 2.45) is 0 Å². The molecule has 0 aliphatic rings. The first-order chi connectivity index (χ1) is 12.0. The third-order valence-electron chi connectivity index (χ3n) is 3.42. The zero-order valence-corrected chi connectivity index (χ0v) is 15.1. The van der Waals surface area contributed by atoms with Crippen molar-refractivity contribution in [2.45, 2.75) is 20.0 Å². The van der Waals surface area contributed by atoms with E-state index in [9.17, 15) is 9.59 Å². The summed E-state index contributed by atoms with van der Waals surface area (Å²) in [5.74, 6) is -0.717. The van der Waals surface area contributed by atoms with Crippen LogP contribution in [-0.4, -0.2) is 48.3 Å². The number of rotatable bonds is 8. The van der Waals surface area contributed by atoms with Crippen molar-refractivity contribution in [1.29, 1.82) is 0 Å². The number of thiazole rings is 1. The van der Waals surface area contributed by atoms with Crippen LogP contribution in [0, 0.1) is 6.92 Å². The molecule has 0 aliphatic heterocycles. The lowest BCUT2D eigenvalue weighted by Crippen LogP contribution is -2.37. The van der Waals surface area contributed by atoms with Crippen LogP contribution < -0.4 is 10.1 Å². The van der Waals surface area contributed by atoms with Gasteiger partial charge in [0.1, 0.15) is 15.6 Å². The SMILES string of the molecule is CCOc1ccc(-c2nc(C)c(C(=O)NCC(OC)C(=O)O)s2)cc1. The van der Waals surface area contributed by atoms with Gasteiger partial charge in [-0.2, -0.15) is 0 Å². The Bertz CT molecular complexity index is 742. The lowest BCUT2D eigenvalue weighted by molar-refractivity contribution is -0.148. The third kappa shape index (κ3) is 4.77. The number of benzene rings is 1. The van der Waals surface area contributed by atoms with E-state index in [4.69, 9.17) is 14.6 Å². The number of carboxylic acid groups (broad SMARTS) is 1. The highest BCUT2D eigenvalue weighted by Gasteiger charge is 2.20. The number of nitrogens with zero attached hydrogens (tertiary/aromatic N) is 1. The minimum atomic E-state index is -1.13. The van der Waals surface area contributed by atoms with Gasteiger partial charge >= 0.3 is 5.97 Å². The average molecular weight is 364 g/mol. The molecule has 0 saturated carbocycles. The first-order valence-corrected chi connectivity index (χ1v) is 8.52. The van der Waals surface area contributed by atoms with Gasteiger partial charge in [0.05, 0.1) is 18.8 Å². The number of aliphatic carboxylic acids is 1. The normalized spacial score (nSPS) is 11.8. The second-order valence-electron chi connectivity index (χ2n) is 5.16. The molecular weight excluding hydrogens is 344 g/mol. The van der Waals surface area contributed by atoms with E-state index < -0.39 is 12.1 Å². The third-order valence-corrected chi connectivity index (χ3v) is 4.63. The Morgan fingerprint density at radius 1 is 1.32 bits per heavy atom. The fourth-order valence-electron chi connectivity index (χ4n) is 2.13. The van der Waals surface area contributed by atoms with E-state index in [-0.39, 0.29) is 12.5 Å². The van der Waals surface area contributed by atoms with E-state index >= 15 is 0 Å².